The van der Waals surface area contributed by atoms with E-state index in [1.54, 1.807) is 7.11 Å². The molecular formula is C17H20N2O2S. The third-order valence-electron chi connectivity index (χ3n) is 4.79. The molecule has 116 valence electrons. The van der Waals surface area contributed by atoms with Crippen molar-refractivity contribution in [2.45, 2.75) is 43.7 Å². The van der Waals surface area contributed by atoms with E-state index >= 15 is 0 Å². The van der Waals surface area contributed by atoms with Crippen LogP contribution in [0.1, 0.15) is 37.2 Å². The van der Waals surface area contributed by atoms with Gasteiger partial charge in [0.2, 0.25) is 5.91 Å². The third kappa shape index (κ3) is 3.21. The fourth-order valence-corrected chi connectivity index (χ4v) is 3.33. The van der Waals surface area contributed by atoms with Gasteiger partial charge in [-0.05, 0) is 61.5 Å². The monoisotopic (exact) mass is 316 g/mol. The van der Waals surface area contributed by atoms with E-state index in [1.165, 1.54) is 5.56 Å². The van der Waals surface area contributed by atoms with Gasteiger partial charge in [0.25, 0.3) is 0 Å². The van der Waals surface area contributed by atoms with E-state index in [4.69, 9.17) is 4.74 Å². The summed E-state index contributed by atoms with van der Waals surface area (Å²) in [6, 6.07) is 8.68. The zero-order chi connectivity index (χ0) is 15.5. The van der Waals surface area contributed by atoms with Crippen LogP contribution in [-0.4, -0.2) is 30.3 Å². The summed E-state index contributed by atoms with van der Waals surface area (Å²) in [5.74, 6) is 1.71. The van der Waals surface area contributed by atoms with Crippen molar-refractivity contribution in [3.63, 3.8) is 0 Å². The highest BCUT2D eigenvalue weighted by atomic mass is 32.1. The SMILES string of the molecule is COc1ccc(C2CC(C(=O)NC3CC(N=C=S)C3)C2)cc1. The number of methoxy groups -OCH3 is 1. The highest BCUT2D eigenvalue weighted by molar-refractivity contribution is 7.78. The molecule has 0 unspecified atom stereocenters. The number of thiocarbonyl (C=S) groups is 1. The molecule has 0 aromatic heterocycles. The molecule has 0 heterocycles. The molecule has 2 aliphatic carbocycles. The number of ether oxygens (including phenoxy) is 1. The quantitative estimate of drug-likeness (QED) is 0.671. The molecule has 1 aromatic rings. The maximum atomic E-state index is 12.2. The van der Waals surface area contributed by atoms with Gasteiger partial charge < -0.3 is 10.1 Å². The van der Waals surface area contributed by atoms with E-state index in [1.807, 2.05) is 12.1 Å². The Balaban J connectivity index is 1.43. The van der Waals surface area contributed by atoms with Crippen LogP contribution in [-0.2, 0) is 4.79 Å². The van der Waals surface area contributed by atoms with Crippen molar-refractivity contribution in [2.75, 3.05) is 7.11 Å². The molecule has 3 rings (SSSR count). The van der Waals surface area contributed by atoms with Crippen molar-refractivity contribution in [3.05, 3.63) is 29.8 Å². The molecule has 1 amide bonds. The second-order valence-corrected chi connectivity index (χ2v) is 6.37. The average Bonchev–Trinajstić information content (AvgIpc) is 2.44. The van der Waals surface area contributed by atoms with Crippen LogP contribution in [0.3, 0.4) is 0 Å². The molecule has 2 aliphatic rings. The summed E-state index contributed by atoms with van der Waals surface area (Å²) < 4.78 is 5.17. The van der Waals surface area contributed by atoms with E-state index in [-0.39, 0.29) is 23.9 Å². The smallest absolute Gasteiger partial charge is 0.223 e. The van der Waals surface area contributed by atoms with Crippen LogP contribution in [0.25, 0.3) is 0 Å². The van der Waals surface area contributed by atoms with Crippen molar-refractivity contribution < 1.29 is 9.53 Å². The Bertz CT molecular complexity index is 583. The number of carbonyl (C=O) groups excluding carboxylic acids is 1. The summed E-state index contributed by atoms with van der Waals surface area (Å²) in [4.78, 5) is 16.2. The number of isothiocyanates is 1. The molecule has 0 aliphatic heterocycles. The highest BCUT2D eigenvalue weighted by Crippen LogP contribution is 2.42. The van der Waals surface area contributed by atoms with E-state index < -0.39 is 0 Å². The first kappa shape index (κ1) is 15.2. The largest absolute Gasteiger partial charge is 0.497 e. The van der Waals surface area contributed by atoms with E-state index in [0.717, 1.165) is 31.4 Å². The minimum atomic E-state index is 0.153. The van der Waals surface area contributed by atoms with Crippen LogP contribution < -0.4 is 10.1 Å². The van der Waals surface area contributed by atoms with Crippen LogP contribution >= 0.6 is 12.2 Å². The van der Waals surface area contributed by atoms with Crippen molar-refractivity contribution >= 4 is 23.3 Å². The fraction of sp³-hybridized carbons (Fsp3) is 0.529. The van der Waals surface area contributed by atoms with Gasteiger partial charge in [0.15, 0.2) is 0 Å². The predicted octanol–water partition coefficient (Wildman–Crippen LogP) is 2.94. The number of hydrogen-bond acceptors (Lipinski definition) is 4. The minimum Gasteiger partial charge on any atom is -0.497 e. The Morgan fingerprint density at radius 3 is 2.55 bits per heavy atom. The number of hydrogen-bond donors (Lipinski definition) is 1. The van der Waals surface area contributed by atoms with Crippen LogP contribution in [0.5, 0.6) is 5.75 Å². The van der Waals surface area contributed by atoms with Gasteiger partial charge >= 0.3 is 0 Å². The first-order valence-electron chi connectivity index (χ1n) is 7.71. The molecule has 4 nitrogen and oxygen atoms in total. The minimum absolute atomic E-state index is 0.153. The Morgan fingerprint density at radius 1 is 1.27 bits per heavy atom. The molecule has 5 heteroatoms. The molecule has 0 saturated heterocycles. The second kappa shape index (κ2) is 6.59. The summed E-state index contributed by atoms with van der Waals surface area (Å²) in [6.07, 6.45) is 3.66. The standard InChI is InChI=1S/C17H20N2O2S/c1-21-16-4-2-11(3-5-16)12-6-13(7-12)17(20)19-15-8-14(9-15)18-10-22/h2-5,12-15H,6-9H2,1H3,(H,19,20). The van der Waals surface area contributed by atoms with Crippen molar-refractivity contribution in [3.8, 4) is 5.75 Å². The lowest BCUT2D eigenvalue weighted by atomic mass is 9.70. The zero-order valence-corrected chi connectivity index (χ0v) is 13.4. The number of nitrogens with one attached hydrogen (secondary N) is 1. The number of aliphatic imine (C=N–C) groups is 1. The fourth-order valence-electron chi connectivity index (χ4n) is 3.18. The molecule has 22 heavy (non-hydrogen) atoms. The summed E-state index contributed by atoms with van der Waals surface area (Å²) in [5.41, 5.74) is 1.30. The van der Waals surface area contributed by atoms with E-state index in [2.05, 4.69) is 39.8 Å². The van der Waals surface area contributed by atoms with Gasteiger partial charge in [0.1, 0.15) is 5.75 Å². The van der Waals surface area contributed by atoms with E-state index in [9.17, 15) is 4.79 Å². The highest BCUT2D eigenvalue weighted by Gasteiger charge is 2.38. The topological polar surface area (TPSA) is 50.7 Å². The molecule has 1 N–H and O–H groups in total. The Labute approximate surface area is 136 Å². The normalized spacial score (nSPS) is 29.5. The van der Waals surface area contributed by atoms with Crippen LogP contribution in [0, 0.1) is 5.92 Å². The molecule has 2 fully saturated rings. The van der Waals surface area contributed by atoms with Crippen molar-refractivity contribution in [2.24, 2.45) is 10.9 Å². The van der Waals surface area contributed by atoms with E-state index in [0.29, 0.717) is 5.92 Å². The average molecular weight is 316 g/mol. The first-order valence-corrected chi connectivity index (χ1v) is 8.11. The summed E-state index contributed by atoms with van der Waals surface area (Å²) in [5, 5.41) is 5.52. The Kier molecular flexibility index (Phi) is 4.55. The van der Waals surface area contributed by atoms with Gasteiger partial charge in [-0.25, -0.2) is 4.99 Å². The molecule has 0 spiro atoms. The lowest BCUT2D eigenvalue weighted by Crippen LogP contribution is -2.49. The summed E-state index contributed by atoms with van der Waals surface area (Å²) >= 11 is 4.59. The first-order chi connectivity index (χ1) is 10.7. The lowest BCUT2D eigenvalue weighted by molar-refractivity contribution is -0.129. The van der Waals surface area contributed by atoms with Gasteiger partial charge in [-0.3, -0.25) is 4.79 Å². The van der Waals surface area contributed by atoms with Gasteiger partial charge in [-0.15, -0.1) is 0 Å². The second-order valence-electron chi connectivity index (χ2n) is 6.19. The zero-order valence-electron chi connectivity index (χ0n) is 12.6. The number of rotatable bonds is 5. The third-order valence-corrected chi connectivity index (χ3v) is 4.90. The number of amides is 1. The molecular weight excluding hydrogens is 296 g/mol. The van der Waals surface area contributed by atoms with Gasteiger partial charge in [0, 0.05) is 12.0 Å². The lowest BCUT2D eigenvalue weighted by Gasteiger charge is -2.38. The van der Waals surface area contributed by atoms with Gasteiger partial charge in [-0.2, -0.15) is 0 Å². The maximum absolute atomic E-state index is 12.2. The maximum Gasteiger partial charge on any atom is 0.223 e. The number of nitrogens with zero attached hydrogens (tertiary/aromatic N) is 1. The van der Waals surface area contributed by atoms with Crippen molar-refractivity contribution in [1.29, 1.82) is 0 Å². The molecule has 0 bridgehead atoms. The predicted molar refractivity (Wildman–Crippen MR) is 88.4 cm³/mol. The number of carbonyl (C=O) groups is 1. The summed E-state index contributed by atoms with van der Waals surface area (Å²) in [6.45, 7) is 0. The van der Waals surface area contributed by atoms with Gasteiger partial charge in [-0.1, -0.05) is 12.1 Å². The van der Waals surface area contributed by atoms with Gasteiger partial charge in [0.05, 0.1) is 18.3 Å². The van der Waals surface area contributed by atoms with Crippen LogP contribution in [0.2, 0.25) is 0 Å². The number of benzene rings is 1. The molecule has 0 atom stereocenters. The van der Waals surface area contributed by atoms with Crippen LogP contribution in [0.15, 0.2) is 29.3 Å². The Hall–Kier alpha value is -1.71. The Morgan fingerprint density at radius 2 is 1.95 bits per heavy atom. The molecule has 2 saturated carbocycles. The summed E-state index contributed by atoms with van der Waals surface area (Å²) in [7, 11) is 1.67. The van der Waals surface area contributed by atoms with Crippen molar-refractivity contribution in [1.82, 2.24) is 5.32 Å². The molecule has 0 radical (unpaired) electrons. The molecule has 1 aromatic carbocycles. The van der Waals surface area contributed by atoms with Crippen LogP contribution in [0.4, 0.5) is 0 Å².